The topological polar surface area (TPSA) is 157 Å². The molecule has 2 bridgehead atoms. The van der Waals surface area contributed by atoms with Gasteiger partial charge in [0.2, 0.25) is 11.7 Å². The molecule has 1 aliphatic carbocycles. The third-order valence-corrected chi connectivity index (χ3v) is 10.8. The number of phenols is 1. The van der Waals surface area contributed by atoms with Crippen molar-refractivity contribution in [2.24, 2.45) is 4.99 Å². The number of anilines is 1. The van der Waals surface area contributed by atoms with Gasteiger partial charge in [-0.25, -0.2) is 0 Å². The number of hydrogen-bond acceptors (Lipinski definition) is 12. The molecular weight excluding hydrogens is 644 g/mol. The first-order chi connectivity index (χ1) is 23.5. The summed E-state index contributed by atoms with van der Waals surface area (Å²) in [7, 11) is 4.80. The van der Waals surface area contributed by atoms with Gasteiger partial charge in [0.1, 0.15) is 12.1 Å². The fourth-order valence-electron chi connectivity index (χ4n) is 7.95. The number of phenolic OH excluding ortho intramolecular Hbond substituents is 1. The molecule has 0 saturated carbocycles. The summed E-state index contributed by atoms with van der Waals surface area (Å²) >= 11 is 1.23. The van der Waals surface area contributed by atoms with E-state index in [2.05, 4.69) is 26.0 Å². The lowest BCUT2D eigenvalue weighted by Gasteiger charge is -2.60. The van der Waals surface area contributed by atoms with Gasteiger partial charge in [0.25, 0.3) is 0 Å². The van der Waals surface area contributed by atoms with Gasteiger partial charge in [-0.15, -0.1) is 0 Å². The number of rotatable bonds is 9. The minimum absolute atomic E-state index is 0.0305. The van der Waals surface area contributed by atoms with Crippen molar-refractivity contribution in [2.45, 2.75) is 69.9 Å². The third kappa shape index (κ3) is 5.77. The maximum atomic E-state index is 14.1. The molecule has 0 radical (unpaired) electrons. The molecule has 49 heavy (non-hydrogen) atoms. The number of fused-ring (bicyclic) bond motifs is 6. The lowest BCUT2D eigenvalue weighted by Crippen LogP contribution is -2.71. The highest BCUT2D eigenvalue weighted by Gasteiger charge is 2.57. The summed E-state index contributed by atoms with van der Waals surface area (Å²) in [5.41, 5.74) is 5.63. The Morgan fingerprint density at radius 3 is 2.57 bits per heavy atom. The number of ether oxygens (including phenoxy) is 2. The minimum Gasteiger partial charge on any atom is -0.504 e. The van der Waals surface area contributed by atoms with E-state index in [1.54, 1.807) is 19.4 Å². The van der Waals surface area contributed by atoms with E-state index in [9.17, 15) is 24.8 Å². The van der Waals surface area contributed by atoms with Crippen LogP contribution in [0, 0.1) is 18.3 Å². The van der Waals surface area contributed by atoms with Crippen LogP contribution in [0.4, 0.5) is 5.69 Å². The zero-order chi connectivity index (χ0) is 35.1. The van der Waals surface area contributed by atoms with E-state index < -0.39 is 36.0 Å². The first-order valence-corrected chi connectivity index (χ1v) is 17.0. The van der Waals surface area contributed by atoms with Gasteiger partial charge in [0.05, 0.1) is 37.9 Å². The second-order valence-electron chi connectivity index (χ2n) is 12.8. The average molecular weight is 685 g/mol. The molecule has 0 aromatic heterocycles. The van der Waals surface area contributed by atoms with Gasteiger partial charge >= 0.3 is 0 Å². The summed E-state index contributed by atoms with van der Waals surface area (Å²) in [6, 6.07) is 10.6. The minimum atomic E-state index is -0.822. The molecule has 4 aliphatic rings. The number of piperazine rings is 1. The molecule has 13 heteroatoms. The van der Waals surface area contributed by atoms with Crippen LogP contribution in [-0.2, 0) is 25.5 Å². The Morgan fingerprint density at radius 1 is 1.16 bits per heavy atom. The van der Waals surface area contributed by atoms with E-state index in [0.717, 1.165) is 16.8 Å². The number of hydrogen-bond donors (Lipinski definition) is 3. The molecular formula is C36H40N6O6S. The summed E-state index contributed by atoms with van der Waals surface area (Å²) in [6.45, 7) is 5.07. The fraction of sp³-hybridized carbons (Fsp3) is 0.417. The number of aromatic hydroxyl groups is 1. The van der Waals surface area contributed by atoms with Crippen molar-refractivity contribution >= 4 is 40.7 Å². The zero-order valence-corrected chi connectivity index (χ0v) is 29.1. The summed E-state index contributed by atoms with van der Waals surface area (Å²) < 4.78 is 14.2. The second-order valence-corrected chi connectivity index (χ2v) is 13.5. The molecule has 3 unspecified atom stereocenters. The van der Waals surface area contributed by atoms with Crippen molar-refractivity contribution in [2.75, 3.05) is 32.5 Å². The quantitative estimate of drug-likeness (QED) is 0.154. The molecule has 3 aliphatic heterocycles. The Hall–Kier alpha value is -4.64. The molecule has 3 N–H and O–H groups in total. The highest BCUT2D eigenvalue weighted by Crippen LogP contribution is 2.53. The van der Waals surface area contributed by atoms with E-state index >= 15 is 0 Å². The molecule has 1 saturated heterocycles. The van der Waals surface area contributed by atoms with Crippen LogP contribution in [-0.4, -0.2) is 95.9 Å². The predicted octanol–water partition coefficient (Wildman–Crippen LogP) is 3.62. The van der Waals surface area contributed by atoms with E-state index in [4.69, 9.17) is 9.47 Å². The zero-order valence-electron chi connectivity index (χ0n) is 28.3. The molecule has 2 aromatic rings. The van der Waals surface area contributed by atoms with Crippen molar-refractivity contribution in [3.63, 3.8) is 0 Å². The van der Waals surface area contributed by atoms with Gasteiger partial charge in [-0.05, 0) is 75.9 Å². The number of amides is 1. The summed E-state index contributed by atoms with van der Waals surface area (Å²) in [5, 5.41) is 25.3. The Morgan fingerprint density at radius 2 is 1.90 bits per heavy atom. The normalized spacial score (nSPS) is 25.7. The molecule has 0 spiro atoms. The number of aliphatic imine (C=N–C) groups is 1. The largest absolute Gasteiger partial charge is 0.504 e. The highest BCUT2D eigenvalue weighted by atomic mass is 32.2. The highest BCUT2D eigenvalue weighted by molar-refractivity contribution is 8.13. The van der Waals surface area contributed by atoms with Gasteiger partial charge in [-0.2, -0.15) is 5.26 Å². The van der Waals surface area contributed by atoms with Crippen molar-refractivity contribution in [1.29, 1.82) is 5.26 Å². The molecule has 1 amide bonds. The lowest BCUT2D eigenvalue weighted by atomic mass is 9.69. The van der Waals surface area contributed by atoms with Crippen LogP contribution >= 0.6 is 11.9 Å². The number of likely N-dealkylation sites (N-methyl/N-ethyl adjacent to an activating group) is 1. The van der Waals surface area contributed by atoms with Crippen LogP contribution in [0.3, 0.4) is 0 Å². The number of carbonyl (C=O) groups is 3. The Labute approximate surface area is 290 Å². The number of ketones is 2. The summed E-state index contributed by atoms with van der Waals surface area (Å²) in [5.74, 6) is -0.738. The lowest BCUT2D eigenvalue weighted by molar-refractivity contribution is -0.125. The number of allylic oxidation sites excluding steroid dienone is 2. The smallest absolute Gasteiger partial charge is 0.244 e. The van der Waals surface area contributed by atoms with E-state index in [1.807, 2.05) is 55.3 Å². The molecule has 1 fully saturated rings. The maximum absolute atomic E-state index is 14.1. The van der Waals surface area contributed by atoms with Crippen LogP contribution in [0.25, 0.3) is 0 Å². The monoisotopic (exact) mass is 684 g/mol. The summed E-state index contributed by atoms with van der Waals surface area (Å²) in [6.07, 6.45) is 0.642. The van der Waals surface area contributed by atoms with Gasteiger partial charge in [-0.3, -0.25) is 29.2 Å². The first-order valence-electron chi connectivity index (χ1n) is 16.2. The maximum Gasteiger partial charge on any atom is 0.244 e. The van der Waals surface area contributed by atoms with Gasteiger partial charge < -0.3 is 24.6 Å². The number of nitriles is 1. The summed E-state index contributed by atoms with van der Waals surface area (Å²) in [4.78, 5) is 49.8. The van der Waals surface area contributed by atoms with Crippen molar-refractivity contribution in [3.8, 4) is 17.6 Å². The van der Waals surface area contributed by atoms with Crippen LogP contribution in [0.15, 0.2) is 63.9 Å². The third-order valence-electron chi connectivity index (χ3n) is 10.2. The molecule has 2 aromatic carbocycles. The average Bonchev–Trinajstić information content (AvgIpc) is 3.09. The molecule has 6 atom stereocenters. The van der Waals surface area contributed by atoms with Crippen molar-refractivity contribution in [3.05, 3.63) is 75.6 Å². The Balaban J connectivity index is 1.36. The number of para-hydroxylation sites is 1. The Kier molecular flexibility index (Phi) is 9.57. The van der Waals surface area contributed by atoms with Crippen LogP contribution in [0.2, 0.25) is 0 Å². The van der Waals surface area contributed by atoms with Gasteiger partial charge in [0.15, 0.2) is 23.0 Å². The number of carbonyl (C=O) groups excluding carboxylic acids is 3. The van der Waals surface area contributed by atoms with Crippen LogP contribution < -0.4 is 14.8 Å². The van der Waals surface area contributed by atoms with E-state index in [-0.39, 0.29) is 53.4 Å². The molecule has 3 heterocycles. The second kappa shape index (κ2) is 13.7. The van der Waals surface area contributed by atoms with Crippen LogP contribution in [0.1, 0.15) is 43.0 Å². The number of aryl methyl sites for hydroxylation is 1. The van der Waals surface area contributed by atoms with Crippen LogP contribution in [0.5, 0.6) is 11.5 Å². The number of nitrogens with zero attached hydrogens (tertiary/aromatic N) is 4. The van der Waals surface area contributed by atoms with E-state index in [1.165, 1.54) is 26.2 Å². The number of Topliss-reactive ketones (excluding diaryl/α,β-unsaturated/α-hetero) is 2. The van der Waals surface area contributed by atoms with Crippen molar-refractivity contribution < 1.29 is 29.0 Å². The van der Waals surface area contributed by atoms with Crippen molar-refractivity contribution in [1.82, 2.24) is 15.1 Å². The van der Waals surface area contributed by atoms with Gasteiger partial charge in [-0.1, -0.05) is 24.3 Å². The number of nitrogens with one attached hydrogen (secondary N) is 2. The fourth-order valence-corrected chi connectivity index (χ4v) is 8.51. The first kappa shape index (κ1) is 34.2. The SMILES string of the molecule is COC1=C(C)C(=O)C2=C(C1=O)[C@H](CNC(=O)C(C)N=CSNc1ccccc1)N1C(C2)C2c3c(cc(C)c(OC)c3O)C[C@H]([C@@H]1C#N)N2C. The predicted molar refractivity (Wildman–Crippen MR) is 186 cm³/mol. The Bertz CT molecular complexity index is 1830. The van der Waals surface area contributed by atoms with Gasteiger partial charge in [0, 0.05) is 46.6 Å². The number of benzene rings is 2. The standard InChI is InChI=1S/C36H40N6O6S/c1-18-12-21-13-24-26(15-37)42-25(30(41(24)4)28(21)32(44)34(18)47-5)14-23-29(33(45)35(48-6)19(2)31(23)43)27(42)16-38-36(46)20(3)39-17-49-40-22-10-8-7-9-11-22/h7-12,17,20,24-27,30,40,44H,13-14,16H2,1-6H3,(H,38,46)/t20?,24-,25?,26+,27+,30?/m1/s1. The molecule has 12 nitrogen and oxygen atoms in total. The number of methoxy groups -OCH3 is 2. The molecule has 256 valence electrons. The van der Waals surface area contributed by atoms with E-state index in [0.29, 0.717) is 23.3 Å². The molecule has 6 rings (SSSR count).